The molecule has 1 aromatic heterocycles. The molecule has 0 aliphatic heterocycles. The third-order valence-electron chi connectivity index (χ3n) is 3.96. The molecule has 0 saturated heterocycles. The molecule has 0 aromatic carbocycles. The summed E-state index contributed by atoms with van der Waals surface area (Å²) in [5, 5.41) is 0. The van der Waals surface area contributed by atoms with Gasteiger partial charge in [-0.2, -0.15) is 0 Å². The fraction of sp³-hybridized carbons (Fsp3) is 0.688. The zero-order chi connectivity index (χ0) is 13.7. The van der Waals surface area contributed by atoms with Crippen LogP contribution >= 0.6 is 0 Å². The van der Waals surface area contributed by atoms with Crippen LogP contribution in [-0.2, 0) is 0 Å². The van der Waals surface area contributed by atoms with E-state index in [9.17, 15) is 0 Å². The van der Waals surface area contributed by atoms with Crippen molar-refractivity contribution in [2.75, 3.05) is 13.1 Å². The Hall–Kier alpha value is -0.930. The van der Waals surface area contributed by atoms with Crippen LogP contribution in [0.5, 0.6) is 0 Å². The van der Waals surface area contributed by atoms with Gasteiger partial charge < -0.3 is 5.73 Å². The highest BCUT2D eigenvalue weighted by molar-refractivity contribution is 5.11. The van der Waals surface area contributed by atoms with Gasteiger partial charge in [0, 0.05) is 18.8 Å². The van der Waals surface area contributed by atoms with Gasteiger partial charge in [0.05, 0.1) is 11.7 Å². The molecular formula is C16H27N3. The molecule has 0 radical (unpaired) electrons. The Balaban J connectivity index is 2.18. The highest BCUT2D eigenvalue weighted by atomic mass is 15.2. The van der Waals surface area contributed by atoms with Crippen molar-refractivity contribution >= 4 is 0 Å². The van der Waals surface area contributed by atoms with Gasteiger partial charge in [0.15, 0.2) is 0 Å². The molecule has 2 atom stereocenters. The summed E-state index contributed by atoms with van der Waals surface area (Å²) in [5.41, 5.74) is 7.53. The van der Waals surface area contributed by atoms with Gasteiger partial charge in [-0.1, -0.05) is 19.9 Å². The fourth-order valence-corrected chi connectivity index (χ4v) is 2.71. The topological polar surface area (TPSA) is 42.2 Å². The number of aromatic nitrogens is 1. The second-order valence-electron chi connectivity index (χ2n) is 5.71. The number of nitrogens with two attached hydrogens (primary N) is 1. The Morgan fingerprint density at radius 3 is 2.68 bits per heavy atom. The Morgan fingerprint density at radius 2 is 2.16 bits per heavy atom. The Morgan fingerprint density at radius 1 is 1.37 bits per heavy atom. The van der Waals surface area contributed by atoms with E-state index in [2.05, 4.69) is 35.9 Å². The largest absolute Gasteiger partial charge is 0.326 e. The van der Waals surface area contributed by atoms with E-state index in [-0.39, 0.29) is 12.1 Å². The molecule has 1 aliphatic rings. The van der Waals surface area contributed by atoms with Crippen LogP contribution < -0.4 is 5.73 Å². The SMILES string of the molecule is CCCN(CC1CC1)C(c1ccccn1)C(N)CC. The van der Waals surface area contributed by atoms with E-state index in [0.717, 1.165) is 24.6 Å². The minimum atomic E-state index is 0.167. The first-order valence-electron chi connectivity index (χ1n) is 7.66. The summed E-state index contributed by atoms with van der Waals surface area (Å²) in [6.45, 7) is 6.71. The zero-order valence-electron chi connectivity index (χ0n) is 12.3. The molecule has 0 spiro atoms. The fourth-order valence-electron chi connectivity index (χ4n) is 2.71. The van der Waals surface area contributed by atoms with Crippen LogP contribution in [0.2, 0.25) is 0 Å². The Bertz CT molecular complexity index is 362. The molecule has 1 aromatic rings. The molecule has 0 amide bonds. The average molecular weight is 261 g/mol. The molecule has 0 bridgehead atoms. The number of nitrogens with zero attached hydrogens (tertiary/aromatic N) is 2. The number of rotatable bonds is 8. The summed E-state index contributed by atoms with van der Waals surface area (Å²) in [7, 11) is 0. The minimum absolute atomic E-state index is 0.167. The van der Waals surface area contributed by atoms with Crippen LogP contribution in [0.4, 0.5) is 0 Å². The first kappa shape index (κ1) is 14.5. The average Bonchev–Trinajstić information content (AvgIpc) is 3.24. The zero-order valence-corrected chi connectivity index (χ0v) is 12.3. The third kappa shape index (κ3) is 4.02. The number of hydrogen-bond acceptors (Lipinski definition) is 3. The van der Waals surface area contributed by atoms with Gasteiger partial charge in [-0.05, 0) is 50.3 Å². The van der Waals surface area contributed by atoms with E-state index >= 15 is 0 Å². The lowest BCUT2D eigenvalue weighted by Gasteiger charge is -2.35. The summed E-state index contributed by atoms with van der Waals surface area (Å²) < 4.78 is 0. The van der Waals surface area contributed by atoms with E-state index < -0.39 is 0 Å². The molecule has 2 rings (SSSR count). The van der Waals surface area contributed by atoms with E-state index in [0.29, 0.717) is 0 Å². The van der Waals surface area contributed by atoms with Crippen molar-refractivity contribution in [3.8, 4) is 0 Å². The lowest BCUT2D eigenvalue weighted by molar-refractivity contribution is 0.158. The van der Waals surface area contributed by atoms with Crippen LogP contribution in [0.3, 0.4) is 0 Å². The van der Waals surface area contributed by atoms with Gasteiger partial charge in [0.2, 0.25) is 0 Å². The van der Waals surface area contributed by atoms with Gasteiger partial charge in [-0.15, -0.1) is 0 Å². The normalized spacial score (nSPS) is 18.5. The van der Waals surface area contributed by atoms with E-state index in [1.807, 2.05) is 12.3 Å². The molecule has 3 heteroatoms. The summed E-state index contributed by atoms with van der Waals surface area (Å²) >= 11 is 0. The molecule has 2 N–H and O–H groups in total. The standard InChI is InChI=1S/C16H27N3/c1-3-11-19(12-13-8-9-13)16(14(17)4-2)15-7-5-6-10-18-15/h5-7,10,13-14,16H,3-4,8-9,11-12,17H2,1-2H3. The van der Waals surface area contributed by atoms with Crippen LogP contribution in [0, 0.1) is 5.92 Å². The molecular weight excluding hydrogens is 234 g/mol. The van der Waals surface area contributed by atoms with Crippen LogP contribution in [0.1, 0.15) is 51.3 Å². The van der Waals surface area contributed by atoms with E-state index in [1.165, 1.54) is 25.8 Å². The number of hydrogen-bond donors (Lipinski definition) is 1. The molecule has 1 heterocycles. The first-order chi connectivity index (χ1) is 9.26. The highest BCUT2D eigenvalue weighted by Crippen LogP contribution is 2.33. The molecule has 1 saturated carbocycles. The Kier molecular flexibility index (Phi) is 5.34. The smallest absolute Gasteiger partial charge is 0.0673 e. The van der Waals surface area contributed by atoms with Gasteiger partial charge in [0.25, 0.3) is 0 Å². The molecule has 1 aliphatic carbocycles. The van der Waals surface area contributed by atoms with Crippen molar-refractivity contribution in [3.05, 3.63) is 30.1 Å². The quantitative estimate of drug-likeness (QED) is 0.782. The van der Waals surface area contributed by atoms with Crippen molar-refractivity contribution in [2.24, 2.45) is 11.7 Å². The van der Waals surface area contributed by atoms with Gasteiger partial charge >= 0.3 is 0 Å². The summed E-state index contributed by atoms with van der Waals surface area (Å²) in [4.78, 5) is 7.12. The van der Waals surface area contributed by atoms with Crippen LogP contribution in [0.25, 0.3) is 0 Å². The van der Waals surface area contributed by atoms with E-state index in [1.54, 1.807) is 0 Å². The Labute approximate surface area is 117 Å². The van der Waals surface area contributed by atoms with Gasteiger partial charge in [-0.3, -0.25) is 9.88 Å². The first-order valence-corrected chi connectivity index (χ1v) is 7.66. The number of pyridine rings is 1. The van der Waals surface area contributed by atoms with Crippen molar-refractivity contribution in [1.29, 1.82) is 0 Å². The van der Waals surface area contributed by atoms with Crippen LogP contribution in [0.15, 0.2) is 24.4 Å². The monoisotopic (exact) mass is 261 g/mol. The summed E-state index contributed by atoms with van der Waals surface area (Å²) in [6, 6.07) is 6.60. The van der Waals surface area contributed by atoms with Gasteiger partial charge in [-0.25, -0.2) is 0 Å². The lowest BCUT2D eigenvalue weighted by Crippen LogP contribution is -2.42. The van der Waals surface area contributed by atoms with Gasteiger partial charge in [0.1, 0.15) is 0 Å². The van der Waals surface area contributed by atoms with Crippen molar-refractivity contribution in [1.82, 2.24) is 9.88 Å². The molecule has 106 valence electrons. The maximum Gasteiger partial charge on any atom is 0.0673 e. The second kappa shape index (κ2) is 7.01. The molecule has 1 fully saturated rings. The third-order valence-corrected chi connectivity index (χ3v) is 3.96. The molecule has 2 unspecified atom stereocenters. The summed E-state index contributed by atoms with van der Waals surface area (Å²) in [6.07, 6.45) is 6.82. The van der Waals surface area contributed by atoms with Crippen molar-refractivity contribution < 1.29 is 0 Å². The minimum Gasteiger partial charge on any atom is -0.326 e. The maximum atomic E-state index is 6.39. The van der Waals surface area contributed by atoms with Crippen LogP contribution in [-0.4, -0.2) is 29.0 Å². The maximum absolute atomic E-state index is 6.39. The highest BCUT2D eigenvalue weighted by Gasteiger charge is 2.31. The van der Waals surface area contributed by atoms with Crippen molar-refractivity contribution in [3.63, 3.8) is 0 Å². The predicted octanol–water partition coefficient (Wildman–Crippen LogP) is 2.98. The second-order valence-corrected chi connectivity index (χ2v) is 5.71. The van der Waals surface area contributed by atoms with Crippen molar-refractivity contribution in [2.45, 2.75) is 51.6 Å². The predicted molar refractivity (Wildman–Crippen MR) is 79.8 cm³/mol. The molecule has 19 heavy (non-hydrogen) atoms. The molecule has 3 nitrogen and oxygen atoms in total. The lowest BCUT2D eigenvalue weighted by atomic mass is 10.00. The summed E-state index contributed by atoms with van der Waals surface area (Å²) in [5.74, 6) is 0.891. The van der Waals surface area contributed by atoms with E-state index in [4.69, 9.17) is 5.73 Å².